The number of hydrogen-bond acceptors (Lipinski definition) is 6. The highest BCUT2D eigenvalue weighted by atomic mass is 16.5. The van der Waals surface area contributed by atoms with Crippen molar-refractivity contribution in [3.05, 3.63) is 53.6 Å². The van der Waals surface area contributed by atoms with Crippen LogP contribution in [0.15, 0.2) is 42.5 Å². The third-order valence-corrected chi connectivity index (χ3v) is 4.23. The Morgan fingerprint density at radius 1 is 0.967 bits per heavy atom. The molecule has 0 fully saturated rings. The summed E-state index contributed by atoms with van der Waals surface area (Å²) in [6.45, 7) is 2.43. The van der Waals surface area contributed by atoms with E-state index in [0.29, 0.717) is 40.7 Å². The molecule has 7 nitrogen and oxygen atoms in total. The number of rotatable bonds is 10. The number of ether oxygens (including phenoxy) is 4. The summed E-state index contributed by atoms with van der Waals surface area (Å²) < 4.78 is 21.1. The van der Waals surface area contributed by atoms with Crippen molar-refractivity contribution in [2.45, 2.75) is 19.8 Å². The van der Waals surface area contributed by atoms with Gasteiger partial charge in [-0.1, -0.05) is 13.3 Å². The smallest absolute Gasteiger partial charge is 0.338 e. The van der Waals surface area contributed by atoms with Crippen LogP contribution in [0.3, 0.4) is 0 Å². The highest BCUT2D eigenvalue weighted by Gasteiger charge is 2.12. The summed E-state index contributed by atoms with van der Waals surface area (Å²) in [4.78, 5) is 24.1. The molecule has 0 bridgehead atoms. The van der Waals surface area contributed by atoms with Crippen molar-refractivity contribution in [2.24, 2.45) is 0 Å². The zero-order valence-corrected chi connectivity index (χ0v) is 17.7. The molecule has 0 aliphatic heterocycles. The van der Waals surface area contributed by atoms with Gasteiger partial charge in [-0.05, 0) is 54.5 Å². The fourth-order valence-corrected chi connectivity index (χ4v) is 2.64. The van der Waals surface area contributed by atoms with E-state index in [4.69, 9.17) is 18.9 Å². The van der Waals surface area contributed by atoms with Gasteiger partial charge in [-0.3, -0.25) is 4.79 Å². The number of nitrogens with one attached hydrogen (secondary N) is 1. The van der Waals surface area contributed by atoms with Crippen molar-refractivity contribution in [3.8, 4) is 17.2 Å². The van der Waals surface area contributed by atoms with Gasteiger partial charge in [-0.2, -0.15) is 0 Å². The molecule has 0 radical (unpaired) electrons. The summed E-state index contributed by atoms with van der Waals surface area (Å²) in [6, 6.07) is 10.0. The van der Waals surface area contributed by atoms with Gasteiger partial charge in [0.2, 0.25) is 11.7 Å². The number of carbonyl (C=O) groups excluding carboxylic acids is 2. The van der Waals surface area contributed by atoms with Crippen LogP contribution in [0, 0.1) is 0 Å². The monoisotopic (exact) mass is 413 g/mol. The Balaban J connectivity index is 2.02. The fourth-order valence-electron chi connectivity index (χ4n) is 2.64. The Morgan fingerprint density at radius 2 is 1.60 bits per heavy atom. The first-order chi connectivity index (χ1) is 14.5. The minimum absolute atomic E-state index is 0.318. The first-order valence-corrected chi connectivity index (χ1v) is 9.58. The van der Waals surface area contributed by atoms with Crippen molar-refractivity contribution in [2.75, 3.05) is 33.3 Å². The highest BCUT2D eigenvalue weighted by molar-refractivity contribution is 6.02. The molecule has 0 atom stereocenters. The van der Waals surface area contributed by atoms with Gasteiger partial charge in [-0.25, -0.2) is 4.79 Å². The van der Waals surface area contributed by atoms with Gasteiger partial charge in [0.1, 0.15) is 0 Å². The second-order valence-corrected chi connectivity index (χ2v) is 6.35. The second-order valence-electron chi connectivity index (χ2n) is 6.35. The topological polar surface area (TPSA) is 83.1 Å². The molecule has 2 aromatic rings. The number of carbonyl (C=O) groups is 2. The van der Waals surface area contributed by atoms with Crippen molar-refractivity contribution < 1.29 is 28.5 Å². The van der Waals surface area contributed by atoms with Crippen LogP contribution in [0.5, 0.6) is 17.2 Å². The number of methoxy groups -OCH3 is 3. The van der Waals surface area contributed by atoms with E-state index in [1.165, 1.54) is 27.4 Å². The maximum atomic E-state index is 12.2. The molecular weight excluding hydrogens is 386 g/mol. The van der Waals surface area contributed by atoms with E-state index in [9.17, 15) is 9.59 Å². The van der Waals surface area contributed by atoms with Crippen LogP contribution in [-0.4, -0.2) is 39.8 Å². The highest BCUT2D eigenvalue weighted by Crippen LogP contribution is 2.38. The summed E-state index contributed by atoms with van der Waals surface area (Å²) >= 11 is 0. The van der Waals surface area contributed by atoms with Gasteiger partial charge in [0, 0.05) is 11.8 Å². The lowest BCUT2D eigenvalue weighted by Gasteiger charge is -2.12. The summed E-state index contributed by atoms with van der Waals surface area (Å²) in [6.07, 6.45) is 4.83. The van der Waals surface area contributed by atoms with E-state index >= 15 is 0 Å². The van der Waals surface area contributed by atoms with E-state index in [1.54, 1.807) is 42.5 Å². The second kappa shape index (κ2) is 11.5. The van der Waals surface area contributed by atoms with Crippen LogP contribution in [0.2, 0.25) is 0 Å². The molecule has 1 N–H and O–H groups in total. The number of esters is 1. The Hall–Kier alpha value is -3.48. The molecule has 0 aromatic heterocycles. The third kappa shape index (κ3) is 6.27. The van der Waals surface area contributed by atoms with Gasteiger partial charge in [0.15, 0.2) is 11.5 Å². The number of unbranched alkanes of at least 4 members (excludes halogenated alkanes) is 1. The Bertz CT molecular complexity index is 864. The lowest BCUT2D eigenvalue weighted by Crippen LogP contribution is -2.09. The molecule has 30 heavy (non-hydrogen) atoms. The predicted molar refractivity (Wildman–Crippen MR) is 115 cm³/mol. The maximum absolute atomic E-state index is 12.2. The van der Waals surface area contributed by atoms with E-state index < -0.39 is 0 Å². The molecular formula is C23H27NO6. The average molecular weight is 413 g/mol. The first-order valence-electron chi connectivity index (χ1n) is 9.58. The normalized spacial score (nSPS) is 10.5. The van der Waals surface area contributed by atoms with E-state index in [-0.39, 0.29) is 11.9 Å². The Labute approximate surface area is 176 Å². The fraction of sp³-hybridized carbons (Fsp3) is 0.304. The minimum Gasteiger partial charge on any atom is -0.493 e. The molecule has 0 saturated heterocycles. The van der Waals surface area contributed by atoms with Crippen LogP contribution in [0.1, 0.15) is 35.7 Å². The number of anilines is 1. The predicted octanol–water partition coefficient (Wildman–Crippen LogP) is 4.32. The molecule has 160 valence electrons. The molecule has 7 heteroatoms. The SMILES string of the molecule is CCCCOC(=O)c1ccc(NC(=O)/C=C/c2cc(OC)c(OC)c(OC)c2)cc1. The lowest BCUT2D eigenvalue weighted by atomic mass is 10.1. The van der Waals surface area contributed by atoms with Crippen LogP contribution in [0.4, 0.5) is 5.69 Å². The summed E-state index contributed by atoms with van der Waals surface area (Å²) in [7, 11) is 4.58. The van der Waals surface area contributed by atoms with E-state index in [0.717, 1.165) is 12.8 Å². The standard InChI is InChI=1S/C23H27NO6/c1-5-6-13-30-23(26)17-8-10-18(11-9-17)24-21(25)12-7-16-14-19(27-2)22(29-4)20(15-16)28-3/h7-12,14-15H,5-6,13H2,1-4H3,(H,24,25)/b12-7+. The van der Waals surface area contributed by atoms with Gasteiger partial charge < -0.3 is 24.3 Å². The third-order valence-electron chi connectivity index (χ3n) is 4.23. The quantitative estimate of drug-likeness (QED) is 0.355. The van der Waals surface area contributed by atoms with Crippen molar-refractivity contribution in [3.63, 3.8) is 0 Å². The summed E-state index contributed by atoms with van der Waals surface area (Å²) in [5, 5.41) is 2.75. The summed E-state index contributed by atoms with van der Waals surface area (Å²) in [5.41, 5.74) is 1.72. The Morgan fingerprint density at radius 3 is 2.13 bits per heavy atom. The van der Waals surface area contributed by atoms with Crippen molar-refractivity contribution in [1.82, 2.24) is 0 Å². The van der Waals surface area contributed by atoms with Crippen LogP contribution in [-0.2, 0) is 9.53 Å². The molecule has 0 heterocycles. The molecule has 2 rings (SSSR count). The number of benzene rings is 2. The molecule has 1 amide bonds. The lowest BCUT2D eigenvalue weighted by molar-refractivity contribution is -0.111. The van der Waals surface area contributed by atoms with E-state index in [1.807, 2.05) is 6.92 Å². The van der Waals surface area contributed by atoms with Crippen LogP contribution < -0.4 is 19.5 Å². The van der Waals surface area contributed by atoms with Crippen molar-refractivity contribution in [1.29, 1.82) is 0 Å². The van der Waals surface area contributed by atoms with Gasteiger partial charge in [-0.15, -0.1) is 0 Å². The molecule has 0 unspecified atom stereocenters. The summed E-state index contributed by atoms with van der Waals surface area (Å²) in [5.74, 6) is 0.789. The molecule has 0 aliphatic carbocycles. The number of hydrogen-bond donors (Lipinski definition) is 1. The van der Waals surface area contributed by atoms with E-state index in [2.05, 4.69) is 5.32 Å². The van der Waals surface area contributed by atoms with Crippen LogP contribution >= 0.6 is 0 Å². The largest absolute Gasteiger partial charge is 0.493 e. The van der Waals surface area contributed by atoms with Gasteiger partial charge in [0.25, 0.3) is 0 Å². The zero-order valence-electron chi connectivity index (χ0n) is 17.7. The number of amides is 1. The van der Waals surface area contributed by atoms with Gasteiger partial charge >= 0.3 is 5.97 Å². The molecule has 0 aliphatic rings. The minimum atomic E-state index is -0.372. The Kier molecular flexibility index (Phi) is 8.75. The molecule has 0 spiro atoms. The maximum Gasteiger partial charge on any atom is 0.338 e. The van der Waals surface area contributed by atoms with Crippen molar-refractivity contribution >= 4 is 23.6 Å². The molecule has 2 aromatic carbocycles. The average Bonchev–Trinajstić information content (AvgIpc) is 2.77. The molecule has 0 saturated carbocycles. The van der Waals surface area contributed by atoms with Gasteiger partial charge in [0.05, 0.1) is 33.5 Å². The first kappa shape index (κ1) is 22.8. The van der Waals surface area contributed by atoms with Crippen LogP contribution in [0.25, 0.3) is 6.08 Å². The zero-order chi connectivity index (χ0) is 21.9.